The van der Waals surface area contributed by atoms with Crippen molar-refractivity contribution in [3.8, 4) is 0 Å². The predicted molar refractivity (Wildman–Crippen MR) is 80.2 cm³/mol. The fourth-order valence-corrected chi connectivity index (χ4v) is 3.78. The molecular formula is C17H26N2. The second kappa shape index (κ2) is 6.06. The van der Waals surface area contributed by atoms with Crippen molar-refractivity contribution < 1.29 is 0 Å². The SMILES string of the molecule is CCCNC(CN1CC2CCC1C2)c1ccccc1. The number of hydrogen-bond donors (Lipinski definition) is 1. The van der Waals surface area contributed by atoms with Crippen molar-refractivity contribution >= 4 is 0 Å². The summed E-state index contributed by atoms with van der Waals surface area (Å²) in [6, 6.07) is 12.3. The molecule has 0 aromatic heterocycles. The van der Waals surface area contributed by atoms with Gasteiger partial charge in [-0.3, -0.25) is 4.90 Å². The number of nitrogens with one attached hydrogen (secondary N) is 1. The molecule has 104 valence electrons. The molecule has 2 bridgehead atoms. The maximum absolute atomic E-state index is 3.73. The summed E-state index contributed by atoms with van der Waals surface area (Å²) >= 11 is 0. The molecule has 3 atom stereocenters. The lowest BCUT2D eigenvalue weighted by molar-refractivity contribution is 0.191. The summed E-state index contributed by atoms with van der Waals surface area (Å²) in [5.74, 6) is 0.993. The Morgan fingerprint density at radius 1 is 1.26 bits per heavy atom. The molecule has 1 heterocycles. The molecule has 2 nitrogen and oxygen atoms in total. The molecule has 0 spiro atoms. The number of piperidine rings is 1. The summed E-state index contributed by atoms with van der Waals surface area (Å²) in [7, 11) is 0. The standard InChI is InChI=1S/C17H26N2/c1-2-10-18-17(15-6-4-3-5-7-15)13-19-12-14-8-9-16(19)11-14/h3-7,14,16-18H,2,8-13H2,1H3. The van der Waals surface area contributed by atoms with Crippen LogP contribution in [0.1, 0.15) is 44.2 Å². The van der Waals surface area contributed by atoms with Crippen LogP contribution in [-0.2, 0) is 0 Å². The van der Waals surface area contributed by atoms with Crippen molar-refractivity contribution in [2.24, 2.45) is 5.92 Å². The van der Waals surface area contributed by atoms with Crippen molar-refractivity contribution in [3.63, 3.8) is 0 Å². The van der Waals surface area contributed by atoms with Crippen molar-refractivity contribution in [1.82, 2.24) is 10.2 Å². The topological polar surface area (TPSA) is 15.3 Å². The minimum absolute atomic E-state index is 0.500. The molecule has 1 N–H and O–H groups in total. The van der Waals surface area contributed by atoms with Crippen molar-refractivity contribution in [2.75, 3.05) is 19.6 Å². The number of fused-ring (bicyclic) bond motifs is 2. The van der Waals surface area contributed by atoms with Gasteiger partial charge in [-0.15, -0.1) is 0 Å². The first-order valence-electron chi connectivity index (χ1n) is 7.89. The average Bonchev–Trinajstić information content (AvgIpc) is 3.07. The van der Waals surface area contributed by atoms with E-state index in [1.165, 1.54) is 44.3 Å². The van der Waals surface area contributed by atoms with Gasteiger partial charge in [-0.2, -0.15) is 0 Å². The van der Waals surface area contributed by atoms with Crippen molar-refractivity contribution in [2.45, 2.75) is 44.7 Å². The van der Waals surface area contributed by atoms with Crippen LogP contribution < -0.4 is 5.32 Å². The van der Waals surface area contributed by atoms with E-state index in [4.69, 9.17) is 0 Å². The first-order valence-corrected chi connectivity index (χ1v) is 7.89. The lowest BCUT2D eigenvalue weighted by atomic mass is 10.0. The van der Waals surface area contributed by atoms with E-state index in [-0.39, 0.29) is 0 Å². The highest BCUT2D eigenvalue weighted by Gasteiger charge is 2.38. The van der Waals surface area contributed by atoms with E-state index in [2.05, 4.69) is 47.5 Å². The molecule has 0 amide bonds. The maximum atomic E-state index is 3.73. The molecule has 1 aliphatic carbocycles. The number of nitrogens with zero attached hydrogens (tertiary/aromatic N) is 1. The van der Waals surface area contributed by atoms with Crippen LogP contribution in [0.4, 0.5) is 0 Å². The monoisotopic (exact) mass is 258 g/mol. The summed E-state index contributed by atoms with van der Waals surface area (Å²) in [5, 5.41) is 3.73. The summed E-state index contributed by atoms with van der Waals surface area (Å²) in [4.78, 5) is 2.73. The van der Waals surface area contributed by atoms with Gasteiger partial charge in [-0.1, -0.05) is 37.3 Å². The molecule has 2 fully saturated rings. The van der Waals surface area contributed by atoms with Crippen LogP contribution in [0.15, 0.2) is 30.3 Å². The van der Waals surface area contributed by atoms with Crippen LogP contribution in [0, 0.1) is 5.92 Å². The van der Waals surface area contributed by atoms with Crippen LogP contribution in [0.2, 0.25) is 0 Å². The maximum Gasteiger partial charge on any atom is 0.0449 e. The fourth-order valence-electron chi connectivity index (χ4n) is 3.78. The minimum Gasteiger partial charge on any atom is -0.309 e. The van der Waals surface area contributed by atoms with Gasteiger partial charge in [0.25, 0.3) is 0 Å². The normalized spacial score (nSPS) is 27.8. The van der Waals surface area contributed by atoms with E-state index in [0.717, 1.165) is 18.5 Å². The molecule has 0 radical (unpaired) electrons. The number of hydrogen-bond acceptors (Lipinski definition) is 2. The van der Waals surface area contributed by atoms with Crippen molar-refractivity contribution in [1.29, 1.82) is 0 Å². The Morgan fingerprint density at radius 3 is 2.74 bits per heavy atom. The Morgan fingerprint density at radius 2 is 2.11 bits per heavy atom. The predicted octanol–water partition coefficient (Wildman–Crippen LogP) is 3.21. The zero-order valence-corrected chi connectivity index (χ0v) is 12.0. The van der Waals surface area contributed by atoms with Crippen molar-refractivity contribution in [3.05, 3.63) is 35.9 Å². The van der Waals surface area contributed by atoms with Crippen LogP contribution in [-0.4, -0.2) is 30.6 Å². The van der Waals surface area contributed by atoms with Gasteiger partial charge in [0, 0.05) is 25.2 Å². The largest absolute Gasteiger partial charge is 0.309 e. The third kappa shape index (κ3) is 3.01. The molecule has 1 aromatic carbocycles. The van der Waals surface area contributed by atoms with Gasteiger partial charge in [0.2, 0.25) is 0 Å². The second-order valence-electron chi connectivity index (χ2n) is 6.20. The molecule has 2 aliphatic rings. The quantitative estimate of drug-likeness (QED) is 0.843. The Labute approximate surface area is 117 Å². The van der Waals surface area contributed by atoms with Gasteiger partial charge in [0.1, 0.15) is 0 Å². The molecule has 1 aliphatic heterocycles. The molecule has 1 saturated heterocycles. The molecule has 19 heavy (non-hydrogen) atoms. The lowest BCUT2D eigenvalue weighted by Crippen LogP contribution is -2.39. The summed E-state index contributed by atoms with van der Waals surface area (Å²) in [6.45, 7) is 5.88. The van der Waals surface area contributed by atoms with Crippen LogP contribution in [0.25, 0.3) is 0 Å². The van der Waals surface area contributed by atoms with Gasteiger partial charge in [0.05, 0.1) is 0 Å². The average molecular weight is 258 g/mol. The highest BCUT2D eigenvalue weighted by atomic mass is 15.2. The molecule has 3 rings (SSSR count). The van der Waals surface area contributed by atoms with E-state index in [0.29, 0.717) is 6.04 Å². The first kappa shape index (κ1) is 13.1. The summed E-state index contributed by atoms with van der Waals surface area (Å²) < 4.78 is 0. The molecule has 2 heteroatoms. The van der Waals surface area contributed by atoms with E-state index >= 15 is 0 Å². The van der Waals surface area contributed by atoms with Gasteiger partial charge < -0.3 is 5.32 Å². The number of likely N-dealkylation sites (tertiary alicyclic amines) is 1. The van der Waals surface area contributed by atoms with Crippen LogP contribution >= 0.6 is 0 Å². The Balaban J connectivity index is 1.66. The van der Waals surface area contributed by atoms with E-state index in [1.54, 1.807) is 0 Å². The van der Waals surface area contributed by atoms with E-state index in [1.807, 2.05) is 0 Å². The Hall–Kier alpha value is -0.860. The van der Waals surface area contributed by atoms with Gasteiger partial charge in [-0.25, -0.2) is 0 Å². The highest BCUT2D eigenvalue weighted by Crippen LogP contribution is 2.38. The minimum atomic E-state index is 0.500. The van der Waals surface area contributed by atoms with Gasteiger partial charge >= 0.3 is 0 Å². The number of rotatable bonds is 6. The van der Waals surface area contributed by atoms with Crippen LogP contribution in [0.5, 0.6) is 0 Å². The third-order valence-corrected chi connectivity index (χ3v) is 4.78. The smallest absolute Gasteiger partial charge is 0.0449 e. The Kier molecular flexibility index (Phi) is 4.19. The zero-order valence-electron chi connectivity index (χ0n) is 12.0. The number of benzene rings is 1. The molecule has 3 unspecified atom stereocenters. The molecule has 1 saturated carbocycles. The third-order valence-electron chi connectivity index (χ3n) is 4.78. The molecular weight excluding hydrogens is 232 g/mol. The van der Waals surface area contributed by atoms with Gasteiger partial charge in [0.15, 0.2) is 0 Å². The van der Waals surface area contributed by atoms with Crippen LogP contribution in [0.3, 0.4) is 0 Å². The van der Waals surface area contributed by atoms with Gasteiger partial charge in [-0.05, 0) is 43.7 Å². The highest BCUT2D eigenvalue weighted by molar-refractivity contribution is 5.19. The fraction of sp³-hybridized carbons (Fsp3) is 0.647. The lowest BCUT2D eigenvalue weighted by Gasteiger charge is -2.31. The summed E-state index contributed by atoms with van der Waals surface area (Å²) in [5.41, 5.74) is 1.44. The first-order chi connectivity index (χ1) is 9.36. The molecule has 1 aromatic rings. The Bertz CT molecular complexity index is 390. The zero-order chi connectivity index (χ0) is 13.1. The van der Waals surface area contributed by atoms with E-state index < -0.39 is 0 Å². The second-order valence-corrected chi connectivity index (χ2v) is 6.20. The van der Waals surface area contributed by atoms with E-state index in [9.17, 15) is 0 Å². The summed E-state index contributed by atoms with van der Waals surface area (Å²) in [6.07, 6.45) is 5.56.